The Morgan fingerprint density at radius 2 is 2.00 bits per heavy atom. The molecule has 1 atom stereocenters. The van der Waals surface area contributed by atoms with Crippen LogP contribution in [-0.4, -0.2) is 47.1 Å². The van der Waals surface area contributed by atoms with Crippen molar-refractivity contribution in [3.8, 4) is 0 Å². The number of nitrogens with one attached hydrogen (secondary N) is 1. The SMILES string of the molecule is CCCC(NCC(=O)N(CC(C)C)C1CC1)C(=O)O. The highest BCUT2D eigenvalue weighted by molar-refractivity contribution is 5.80. The van der Waals surface area contributed by atoms with E-state index in [-0.39, 0.29) is 12.5 Å². The third-order valence-electron chi connectivity index (χ3n) is 3.24. The lowest BCUT2D eigenvalue weighted by Gasteiger charge is -2.25. The van der Waals surface area contributed by atoms with Gasteiger partial charge in [0.05, 0.1) is 6.54 Å². The van der Waals surface area contributed by atoms with Crippen molar-refractivity contribution in [1.29, 1.82) is 0 Å². The van der Waals surface area contributed by atoms with Crippen LogP contribution >= 0.6 is 0 Å². The van der Waals surface area contributed by atoms with Gasteiger partial charge in [0, 0.05) is 12.6 Å². The first-order chi connectivity index (χ1) is 8.95. The number of hydrogen-bond donors (Lipinski definition) is 2. The lowest BCUT2D eigenvalue weighted by atomic mass is 10.1. The van der Waals surface area contributed by atoms with Gasteiger partial charge in [0.2, 0.25) is 5.91 Å². The average Bonchev–Trinajstić information content (AvgIpc) is 3.14. The van der Waals surface area contributed by atoms with Crippen LogP contribution in [0.25, 0.3) is 0 Å². The second-order valence-corrected chi connectivity index (χ2v) is 5.73. The fourth-order valence-corrected chi connectivity index (χ4v) is 2.15. The first-order valence-corrected chi connectivity index (χ1v) is 7.21. The Labute approximate surface area is 115 Å². The van der Waals surface area contributed by atoms with Crippen molar-refractivity contribution >= 4 is 11.9 Å². The van der Waals surface area contributed by atoms with E-state index in [0.717, 1.165) is 25.8 Å². The zero-order chi connectivity index (χ0) is 14.4. The van der Waals surface area contributed by atoms with Crippen molar-refractivity contribution in [3.05, 3.63) is 0 Å². The molecule has 0 heterocycles. The number of aliphatic carboxylic acids is 1. The molecule has 0 spiro atoms. The van der Waals surface area contributed by atoms with Gasteiger partial charge in [0.1, 0.15) is 6.04 Å². The Hall–Kier alpha value is -1.10. The minimum Gasteiger partial charge on any atom is -0.480 e. The fourth-order valence-electron chi connectivity index (χ4n) is 2.15. The molecular weight excluding hydrogens is 244 g/mol. The van der Waals surface area contributed by atoms with Crippen molar-refractivity contribution in [1.82, 2.24) is 10.2 Å². The summed E-state index contributed by atoms with van der Waals surface area (Å²) < 4.78 is 0. The summed E-state index contributed by atoms with van der Waals surface area (Å²) in [6, 6.07) is -0.236. The Bertz CT molecular complexity index is 314. The van der Waals surface area contributed by atoms with Gasteiger partial charge in [-0.1, -0.05) is 27.2 Å². The summed E-state index contributed by atoms with van der Waals surface area (Å²) in [6.45, 7) is 7.01. The quantitative estimate of drug-likeness (QED) is 0.666. The van der Waals surface area contributed by atoms with Crippen molar-refractivity contribution < 1.29 is 14.7 Å². The molecule has 0 aromatic carbocycles. The number of carbonyl (C=O) groups is 2. The molecule has 0 aromatic rings. The molecule has 1 amide bonds. The van der Waals surface area contributed by atoms with E-state index in [1.807, 2.05) is 11.8 Å². The maximum Gasteiger partial charge on any atom is 0.320 e. The molecule has 1 fully saturated rings. The molecular formula is C14H26N2O3. The van der Waals surface area contributed by atoms with Crippen LogP contribution in [0.15, 0.2) is 0 Å². The van der Waals surface area contributed by atoms with Crippen molar-refractivity contribution in [2.45, 2.75) is 58.5 Å². The molecule has 2 N–H and O–H groups in total. The topological polar surface area (TPSA) is 69.6 Å². The van der Waals surface area contributed by atoms with Crippen LogP contribution in [-0.2, 0) is 9.59 Å². The van der Waals surface area contributed by atoms with Gasteiger partial charge in [-0.25, -0.2) is 0 Å². The van der Waals surface area contributed by atoms with Gasteiger partial charge in [-0.05, 0) is 25.2 Å². The molecule has 5 nitrogen and oxygen atoms in total. The largest absolute Gasteiger partial charge is 0.480 e. The monoisotopic (exact) mass is 270 g/mol. The van der Waals surface area contributed by atoms with Gasteiger partial charge < -0.3 is 10.0 Å². The predicted octanol–water partition coefficient (Wildman–Crippen LogP) is 1.48. The van der Waals surface area contributed by atoms with Gasteiger partial charge >= 0.3 is 5.97 Å². The second kappa shape index (κ2) is 7.48. The molecule has 0 saturated heterocycles. The number of rotatable bonds is 9. The van der Waals surface area contributed by atoms with Crippen molar-refractivity contribution in [3.63, 3.8) is 0 Å². The van der Waals surface area contributed by atoms with Gasteiger partial charge in [0.25, 0.3) is 0 Å². The van der Waals surface area contributed by atoms with Crippen LogP contribution in [0.5, 0.6) is 0 Å². The van der Waals surface area contributed by atoms with E-state index >= 15 is 0 Å². The highest BCUT2D eigenvalue weighted by Crippen LogP contribution is 2.27. The molecule has 1 aliphatic carbocycles. The lowest BCUT2D eigenvalue weighted by Crippen LogP contribution is -2.46. The zero-order valence-corrected chi connectivity index (χ0v) is 12.2. The summed E-state index contributed by atoms with van der Waals surface area (Å²) in [5.74, 6) is -0.412. The van der Waals surface area contributed by atoms with Gasteiger partial charge in [-0.2, -0.15) is 0 Å². The Kier molecular flexibility index (Phi) is 6.28. The number of nitrogens with zero attached hydrogens (tertiary/aromatic N) is 1. The first kappa shape index (κ1) is 16.0. The maximum absolute atomic E-state index is 12.2. The molecule has 1 aliphatic rings. The minimum atomic E-state index is -0.878. The molecule has 0 aliphatic heterocycles. The van der Waals surface area contributed by atoms with E-state index in [1.54, 1.807) is 0 Å². The summed E-state index contributed by atoms with van der Waals surface area (Å²) in [5, 5.41) is 11.9. The molecule has 5 heteroatoms. The van der Waals surface area contributed by atoms with Crippen LogP contribution in [0.3, 0.4) is 0 Å². The third kappa shape index (κ3) is 5.59. The molecule has 1 saturated carbocycles. The second-order valence-electron chi connectivity index (χ2n) is 5.73. The number of amides is 1. The molecule has 19 heavy (non-hydrogen) atoms. The van der Waals surface area contributed by atoms with Crippen LogP contribution in [0, 0.1) is 5.92 Å². The first-order valence-electron chi connectivity index (χ1n) is 7.21. The number of carboxylic acid groups (broad SMARTS) is 1. The highest BCUT2D eigenvalue weighted by atomic mass is 16.4. The lowest BCUT2D eigenvalue weighted by molar-refractivity contribution is -0.140. The van der Waals surface area contributed by atoms with E-state index in [9.17, 15) is 9.59 Å². The molecule has 0 radical (unpaired) electrons. The summed E-state index contributed by atoms with van der Waals surface area (Å²) in [5.41, 5.74) is 0. The number of carboxylic acids is 1. The van der Waals surface area contributed by atoms with Crippen molar-refractivity contribution in [2.75, 3.05) is 13.1 Å². The summed E-state index contributed by atoms with van der Waals surface area (Å²) in [7, 11) is 0. The third-order valence-corrected chi connectivity index (χ3v) is 3.24. The standard InChI is InChI=1S/C14H26N2O3/c1-4-5-12(14(18)19)15-8-13(17)16(9-10(2)3)11-6-7-11/h10-12,15H,4-9H2,1-3H3,(H,18,19). The van der Waals surface area contributed by atoms with Gasteiger partial charge in [-0.15, -0.1) is 0 Å². The van der Waals surface area contributed by atoms with Gasteiger partial charge in [0.15, 0.2) is 0 Å². The normalized spacial score (nSPS) is 16.4. The number of carbonyl (C=O) groups excluding carboxylic acids is 1. The Morgan fingerprint density at radius 1 is 1.37 bits per heavy atom. The molecule has 110 valence electrons. The summed E-state index contributed by atoms with van der Waals surface area (Å²) in [4.78, 5) is 25.1. The van der Waals surface area contributed by atoms with Crippen LogP contribution in [0.4, 0.5) is 0 Å². The zero-order valence-electron chi connectivity index (χ0n) is 12.2. The Balaban J connectivity index is 2.44. The van der Waals surface area contributed by atoms with E-state index in [1.165, 1.54) is 0 Å². The fraction of sp³-hybridized carbons (Fsp3) is 0.857. The highest BCUT2D eigenvalue weighted by Gasteiger charge is 2.32. The summed E-state index contributed by atoms with van der Waals surface area (Å²) in [6.07, 6.45) is 3.50. The Morgan fingerprint density at radius 3 is 2.42 bits per heavy atom. The average molecular weight is 270 g/mol. The van der Waals surface area contributed by atoms with Crippen molar-refractivity contribution in [2.24, 2.45) is 5.92 Å². The van der Waals surface area contributed by atoms with Gasteiger partial charge in [-0.3, -0.25) is 14.9 Å². The predicted molar refractivity (Wildman–Crippen MR) is 73.9 cm³/mol. The molecule has 0 aromatic heterocycles. The maximum atomic E-state index is 12.2. The van der Waals surface area contributed by atoms with E-state index in [0.29, 0.717) is 18.4 Å². The van der Waals surface area contributed by atoms with E-state index < -0.39 is 12.0 Å². The minimum absolute atomic E-state index is 0.0264. The van der Waals surface area contributed by atoms with Crippen LogP contribution in [0.1, 0.15) is 46.5 Å². The van der Waals surface area contributed by atoms with Crippen LogP contribution < -0.4 is 5.32 Å². The number of hydrogen-bond acceptors (Lipinski definition) is 3. The molecule has 0 bridgehead atoms. The van der Waals surface area contributed by atoms with Crippen LogP contribution in [0.2, 0.25) is 0 Å². The summed E-state index contributed by atoms with van der Waals surface area (Å²) >= 11 is 0. The van der Waals surface area contributed by atoms with E-state index in [2.05, 4.69) is 19.2 Å². The molecule has 1 rings (SSSR count). The van der Waals surface area contributed by atoms with E-state index in [4.69, 9.17) is 5.11 Å². The smallest absolute Gasteiger partial charge is 0.320 e. The molecule has 1 unspecified atom stereocenters.